The van der Waals surface area contributed by atoms with Crippen molar-refractivity contribution < 1.29 is 14.3 Å². The van der Waals surface area contributed by atoms with E-state index in [-0.39, 0.29) is 23.8 Å². The lowest BCUT2D eigenvalue weighted by Gasteiger charge is -2.30. The first-order chi connectivity index (χ1) is 13.1. The van der Waals surface area contributed by atoms with Gasteiger partial charge < -0.3 is 15.4 Å². The van der Waals surface area contributed by atoms with Gasteiger partial charge >= 0.3 is 5.69 Å². The highest BCUT2D eigenvalue weighted by molar-refractivity contribution is 5.90. The zero-order valence-electron chi connectivity index (χ0n) is 15.6. The Morgan fingerprint density at radius 3 is 2.67 bits per heavy atom. The fourth-order valence-corrected chi connectivity index (χ4v) is 3.60. The number of rotatable bonds is 10. The maximum Gasteiger partial charge on any atom is 0.341 e. The lowest BCUT2D eigenvalue weighted by Crippen LogP contribution is -2.45. The van der Waals surface area contributed by atoms with Gasteiger partial charge in [-0.15, -0.1) is 5.10 Å². The molecule has 1 aromatic rings. The summed E-state index contributed by atoms with van der Waals surface area (Å²) in [6.45, 7) is 2.47. The molecule has 2 aliphatic rings. The SMILES string of the molecule is COCCNC(=O)C[C@H]1CC[C@@H](CNC(=O)c2n[nH]c(=O)[nH]2)N1CC1CC1. The van der Waals surface area contributed by atoms with Crippen LogP contribution >= 0.6 is 0 Å². The van der Waals surface area contributed by atoms with Crippen molar-refractivity contribution in [2.45, 2.75) is 44.2 Å². The largest absolute Gasteiger partial charge is 0.383 e. The van der Waals surface area contributed by atoms with E-state index < -0.39 is 11.6 Å². The van der Waals surface area contributed by atoms with Crippen molar-refractivity contribution in [2.75, 3.05) is 33.4 Å². The van der Waals surface area contributed by atoms with Crippen LogP contribution in [0.15, 0.2) is 4.79 Å². The minimum atomic E-state index is -0.504. The molecule has 0 aromatic carbocycles. The second-order valence-electron chi connectivity index (χ2n) is 7.31. The maximum atomic E-state index is 12.2. The standard InChI is InChI=1S/C17H28N6O4/c1-27-7-6-18-14(24)8-12-4-5-13(23(12)10-11-2-3-11)9-19-16(25)15-20-17(26)22-21-15/h11-13H,2-10H2,1H3,(H,18,24)(H,19,25)(H2,20,21,22,26)/t12-,13+/m1/s1. The minimum Gasteiger partial charge on any atom is -0.383 e. The number of carbonyl (C=O) groups excluding carboxylic acids is 2. The average molecular weight is 380 g/mol. The average Bonchev–Trinajstić information content (AvgIpc) is 3.24. The van der Waals surface area contributed by atoms with Crippen LogP contribution in [-0.2, 0) is 9.53 Å². The molecule has 3 rings (SSSR count). The summed E-state index contributed by atoms with van der Waals surface area (Å²) in [6.07, 6.45) is 4.80. The van der Waals surface area contributed by atoms with Crippen LogP contribution in [0.4, 0.5) is 0 Å². The number of carbonyl (C=O) groups is 2. The molecule has 10 heteroatoms. The quantitative estimate of drug-likeness (QED) is 0.394. The van der Waals surface area contributed by atoms with E-state index in [2.05, 4.69) is 30.7 Å². The summed E-state index contributed by atoms with van der Waals surface area (Å²) in [7, 11) is 1.61. The van der Waals surface area contributed by atoms with Crippen LogP contribution in [0.3, 0.4) is 0 Å². The highest BCUT2D eigenvalue weighted by Gasteiger charge is 2.38. The van der Waals surface area contributed by atoms with Gasteiger partial charge in [-0.3, -0.25) is 19.5 Å². The van der Waals surface area contributed by atoms with E-state index >= 15 is 0 Å². The summed E-state index contributed by atoms with van der Waals surface area (Å²) in [5.74, 6) is 0.320. The highest BCUT2D eigenvalue weighted by atomic mass is 16.5. The number of nitrogens with one attached hydrogen (secondary N) is 4. The molecule has 0 unspecified atom stereocenters. The van der Waals surface area contributed by atoms with Gasteiger partial charge in [0.1, 0.15) is 0 Å². The predicted octanol–water partition coefficient (Wildman–Crippen LogP) is -0.776. The Morgan fingerprint density at radius 1 is 1.22 bits per heavy atom. The van der Waals surface area contributed by atoms with Crippen molar-refractivity contribution in [2.24, 2.45) is 5.92 Å². The number of aromatic nitrogens is 3. The molecule has 10 nitrogen and oxygen atoms in total. The molecule has 2 heterocycles. The van der Waals surface area contributed by atoms with E-state index in [0.717, 1.165) is 19.4 Å². The molecule has 2 fully saturated rings. The van der Waals surface area contributed by atoms with Crippen LogP contribution in [0.1, 0.15) is 42.7 Å². The molecular weight excluding hydrogens is 352 g/mol. The maximum absolute atomic E-state index is 12.2. The van der Waals surface area contributed by atoms with Gasteiger partial charge in [0.05, 0.1) is 6.61 Å². The molecule has 1 saturated carbocycles. The van der Waals surface area contributed by atoms with Crippen LogP contribution in [0.5, 0.6) is 0 Å². The summed E-state index contributed by atoms with van der Waals surface area (Å²) in [5, 5.41) is 11.6. The topological polar surface area (TPSA) is 132 Å². The van der Waals surface area contributed by atoms with Gasteiger partial charge in [-0.2, -0.15) is 0 Å². The number of H-pyrrole nitrogens is 2. The number of aromatic amines is 2. The molecule has 1 aromatic heterocycles. The number of likely N-dealkylation sites (tertiary alicyclic amines) is 1. The van der Waals surface area contributed by atoms with Crippen molar-refractivity contribution in [1.82, 2.24) is 30.7 Å². The van der Waals surface area contributed by atoms with Gasteiger partial charge in [-0.1, -0.05) is 0 Å². The molecule has 2 atom stereocenters. The molecule has 27 heavy (non-hydrogen) atoms. The number of hydrogen-bond donors (Lipinski definition) is 4. The molecule has 1 aliphatic carbocycles. The Kier molecular flexibility index (Phi) is 6.62. The monoisotopic (exact) mass is 380 g/mol. The summed E-state index contributed by atoms with van der Waals surface area (Å²) < 4.78 is 4.96. The van der Waals surface area contributed by atoms with Crippen LogP contribution in [0.25, 0.3) is 0 Å². The lowest BCUT2D eigenvalue weighted by atomic mass is 10.1. The summed E-state index contributed by atoms with van der Waals surface area (Å²) in [4.78, 5) is 40.1. The third kappa shape index (κ3) is 5.64. The smallest absolute Gasteiger partial charge is 0.341 e. The minimum absolute atomic E-state index is 0.0131. The molecular formula is C17H28N6O4. The van der Waals surface area contributed by atoms with E-state index in [1.54, 1.807) is 7.11 Å². The van der Waals surface area contributed by atoms with E-state index in [4.69, 9.17) is 4.74 Å². The number of nitrogens with zero attached hydrogens (tertiary/aromatic N) is 2. The summed E-state index contributed by atoms with van der Waals surface area (Å²) >= 11 is 0. The fourth-order valence-electron chi connectivity index (χ4n) is 3.60. The number of amides is 2. The second kappa shape index (κ2) is 9.14. The van der Waals surface area contributed by atoms with Crippen LogP contribution in [-0.4, -0.2) is 77.3 Å². The molecule has 1 aliphatic heterocycles. The predicted molar refractivity (Wildman–Crippen MR) is 97.3 cm³/mol. The van der Waals surface area contributed by atoms with E-state index in [0.29, 0.717) is 32.0 Å². The molecule has 0 radical (unpaired) electrons. The van der Waals surface area contributed by atoms with Crippen molar-refractivity contribution in [3.8, 4) is 0 Å². The third-order valence-electron chi connectivity index (χ3n) is 5.20. The molecule has 150 valence electrons. The van der Waals surface area contributed by atoms with Crippen LogP contribution in [0, 0.1) is 5.92 Å². The Labute approximate surface area is 157 Å². The van der Waals surface area contributed by atoms with Crippen molar-refractivity contribution >= 4 is 11.8 Å². The highest BCUT2D eigenvalue weighted by Crippen LogP contribution is 2.35. The molecule has 1 saturated heterocycles. The van der Waals surface area contributed by atoms with Gasteiger partial charge in [0.2, 0.25) is 11.7 Å². The van der Waals surface area contributed by atoms with Crippen molar-refractivity contribution in [3.05, 3.63) is 16.3 Å². The first-order valence-electron chi connectivity index (χ1n) is 9.51. The number of hydrogen-bond acceptors (Lipinski definition) is 6. The van der Waals surface area contributed by atoms with E-state index in [9.17, 15) is 14.4 Å². The first-order valence-corrected chi connectivity index (χ1v) is 9.51. The van der Waals surface area contributed by atoms with Crippen LogP contribution < -0.4 is 16.3 Å². The Hall–Kier alpha value is -2.20. The zero-order valence-corrected chi connectivity index (χ0v) is 15.6. The number of methoxy groups -OCH3 is 1. The molecule has 0 spiro atoms. The van der Waals surface area contributed by atoms with E-state index in [1.165, 1.54) is 12.8 Å². The second-order valence-corrected chi connectivity index (χ2v) is 7.31. The summed E-state index contributed by atoms with van der Waals surface area (Å²) in [6, 6.07) is 0.386. The van der Waals surface area contributed by atoms with Crippen molar-refractivity contribution in [1.29, 1.82) is 0 Å². The van der Waals surface area contributed by atoms with Gasteiger partial charge in [0.15, 0.2) is 0 Å². The van der Waals surface area contributed by atoms with Gasteiger partial charge in [0, 0.05) is 45.2 Å². The Balaban J connectivity index is 1.52. The molecule has 2 amide bonds. The molecule has 0 bridgehead atoms. The Morgan fingerprint density at radius 2 is 2.00 bits per heavy atom. The third-order valence-corrected chi connectivity index (χ3v) is 5.20. The normalized spacial score (nSPS) is 22.7. The fraction of sp³-hybridized carbons (Fsp3) is 0.765. The number of ether oxygens (including phenoxy) is 1. The first kappa shape index (κ1) is 19.6. The van der Waals surface area contributed by atoms with Crippen LogP contribution in [0.2, 0.25) is 0 Å². The molecule has 4 N–H and O–H groups in total. The summed E-state index contributed by atoms with van der Waals surface area (Å²) in [5.41, 5.74) is -0.504. The van der Waals surface area contributed by atoms with Crippen molar-refractivity contribution in [3.63, 3.8) is 0 Å². The Bertz CT molecular complexity index is 698. The zero-order chi connectivity index (χ0) is 19.2. The van der Waals surface area contributed by atoms with Gasteiger partial charge in [-0.05, 0) is 31.6 Å². The van der Waals surface area contributed by atoms with Gasteiger partial charge in [-0.25, -0.2) is 9.89 Å². The van der Waals surface area contributed by atoms with E-state index in [1.807, 2.05) is 0 Å². The lowest BCUT2D eigenvalue weighted by molar-refractivity contribution is -0.122. The van der Waals surface area contributed by atoms with Gasteiger partial charge in [0.25, 0.3) is 5.91 Å².